The minimum atomic E-state index is -0.260. The smallest absolute Gasteiger partial charge is 0.229 e. The van der Waals surface area contributed by atoms with Gasteiger partial charge in [-0.2, -0.15) is 0 Å². The van der Waals surface area contributed by atoms with Crippen LogP contribution in [0.15, 0.2) is 24.4 Å². The molecule has 20 heavy (non-hydrogen) atoms. The Morgan fingerprint density at radius 1 is 1.15 bits per heavy atom. The number of nitrogens with one attached hydrogen (secondary N) is 2. The second kappa shape index (κ2) is 7.62. The normalized spacial score (nSPS) is 15.6. The second-order valence-electron chi connectivity index (χ2n) is 5.18. The Kier molecular flexibility index (Phi) is 5.53. The van der Waals surface area contributed by atoms with E-state index in [1.807, 2.05) is 18.2 Å². The van der Waals surface area contributed by atoms with Crippen molar-refractivity contribution >= 4 is 11.8 Å². The van der Waals surface area contributed by atoms with Crippen LogP contribution in [0.25, 0.3) is 0 Å². The zero-order valence-electron chi connectivity index (χ0n) is 11.6. The molecule has 0 aliphatic heterocycles. The standard InChI is InChI=1S/C15H21N3O2/c19-14(17-11-13-8-4-5-9-16-13)10-15(20)18-12-6-2-1-3-7-12/h4-5,8-9,12H,1-3,6-7,10-11H2,(H,17,19)(H,18,20). The average molecular weight is 275 g/mol. The molecule has 1 aromatic heterocycles. The van der Waals surface area contributed by atoms with E-state index in [-0.39, 0.29) is 24.3 Å². The summed E-state index contributed by atoms with van der Waals surface area (Å²) in [6.07, 6.45) is 7.20. The molecular formula is C15H21N3O2. The Morgan fingerprint density at radius 2 is 1.95 bits per heavy atom. The predicted molar refractivity (Wildman–Crippen MR) is 75.7 cm³/mol. The van der Waals surface area contributed by atoms with Gasteiger partial charge in [0.2, 0.25) is 11.8 Å². The summed E-state index contributed by atoms with van der Waals surface area (Å²) >= 11 is 0. The van der Waals surface area contributed by atoms with Crippen LogP contribution in [0.3, 0.4) is 0 Å². The van der Waals surface area contributed by atoms with Gasteiger partial charge in [-0.05, 0) is 25.0 Å². The number of carbonyl (C=O) groups excluding carboxylic acids is 2. The molecular weight excluding hydrogens is 254 g/mol. The first-order valence-electron chi connectivity index (χ1n) is 7.20. The fourth-order valence-electron chi connectivity index (χ4n) is 2.43. The monoisotopic (exact) mass is 275 g/mol. The summed E-state index contributed by atoms with van der Waals surface area (Å²) in [6.45, 7) is 0.358. The van der Waals surface area contributed by atoms with E-state index < -0.39 is 0 Å². The second-order valence-corrected chi connectivity index (χ2v) is 5.18. The van der Waals surface area contributed by atoms with Gasteiger partial charge in [0.1, 0.15) is 6.42 Å². The highest BCUT2D eigenvalue weighted by Gasteiger charge is 2.17. The van der Waals surface area contributed by atoms with Gasteiger partial charge in [-0.1, -0.05) is 25.3 Å². The molecule has 2 rings (SSSR count). The third-order valence-electron chi connectivity index (χ3n) is 3.48. The summed E-state index contributed by atoms with van der Waals surface area (Å²) < 4.78 is 0. The van der Waals surface area contributed by atoms with Gasteiger partial charge in [-0.25, -0.2) is 0 Å². The van der Waals surface area contributed by atoms with Crippen LogP contribution < -0.4 is 10.6 Å². The predicted octanol–water partition coefficient (Wildman–Crippen LogP) is 1.54. The maximum Gasteiger partial charge on any atom is 0.229 e. The zero-order valence-corrected chi connectivity index (χ0v) is 11.6. The summed E-state index contributed by atoms with van der Waals surface area (Å²) in [4.78, 5) is 27.5. The van der Waals surface area contributed by atoms with E-state index in [9.17, 15) is 9.59 Å². The van der Waals surface area contributed by atoms with Gasteiger partial charge in [-0.3, -0.25) is 14.6 Å². The Bertz CT molecular complexity index is 442. The lowest BCUT2D eigenvalue weighted by Gasteiger charge is -2.22. The molecule has 2 N–H and O–H groups in total. The summed E-state index contributed by atoms with van der Waals surface area (Å²) in [6, 6.07) is 5.77. The van der Waals surface area contributed by atoms with Crippen LogP contribution in [-0.2, 0) is 16.1 Å². The number of hydrogen-bond donors (Lipinski definition) is 2. The number of amides is 2. The van der Waals surface area contributed by atoms with Crippen molar-refractivity contribution in [2.24, 2.45) is 0 Å². The first-order chi connectivity index (χ1) is 9.74. The molecule has 0 bridgehead atoms. The highest BCUT2D eigenvalue weighted by atomic mass is 16.2. The Balaban J connectivity index is 1.67. The van der Waals surface area contributed by atoms with Crippen LogP contribution in [-0.4, -0.2) is 22.8 Å². The van der Waals surface area contributed by atoms with E-state index in [1.54, 1.807) is 6.20 Å². The number of hydrogen-bond acceptors (Lipinski definition) is 3. The van der Waals surface area contributed by atoms with Crippen LogP contribution in [0, 0.1) is 0 Å². The van der Waals surface area contributed by atoms with Gasteiger partial charge in [0.15, 0.2) is 0 Å². The van der Waals surface area contributed by atoms with Crippen molar-refractivity contribution in [3.8, 4) is 0 Å². The molecule has 5 heteroatoms. The molecule has 1 saturated carbocycles. The molecule has 1 fully saturated rings. The fourth-order valence-corrected chi connectivity index (χ4v) is 2.43. The van der Waals surface area contributed by atoms with Crippen LogP contribution in [0.1, 0.15) is 44.2 Å². The van der Waals surface area contributed by atoms with Crippen LogP contribution in [0.5, 0.6) is 0 Å². The van der Waals surface area contributed by atoms with E-state index >= 15 is 0 Å². The van der Waals surface area contributed by atoms with E-state index in [0.29, 0.717) is 6.54 Å². The lowest BCUT2D eigenvalue weighted by molar-refractivity contribution is -0.129. The fraction of sp³-hybridized carbons (Fsp3) is 0.533. The molecule has 1 aromatic rings. The van der Waals surface area contributed by atoms with E-state index in [1.165, 1.54) is 6.42 Å². The van der Waals surface area contributed by atoms with Gasteiger partial charge < -0.3 is 10.6 Å². The van der Waals surface area contributed by atoms with Crippen LogP contribution >= 0.6 is 0 Å². The summed E-state index contributed by atoms with van der Waals surface area (Å²) in [5, 5.41) is 5.64. The molecule has 1 aliphatic rings. The minimum absolute atomic E-state index is 0.108. The molecule has 0 unspecified atom stereocenters. The van der Waals surface area contributed by atoms with E-state index in [2.05, 4.69) is 15.6 Å². The van der Waals surface area contributed by atoms with Gasteiger partial charge in [0.05, 0.1) is 12.2 Å². The molecule has 0 spiro atoms. The third-order valence-corrected chi connectivity index (χ3v) is 3.48. The number of pyridine rings is 1. The van der Waals surface area contributed by atoms with Gasteiger partial charge in [0, 0.05) is 12.2 Å². The van der Waals surface area contributed by atoms with Crippen molar-refractivity contribution < 1.29 is 9.59 Å². The number of aromatic nitrogens is 1. The summed E-state index contributed by atoms with van der Waals surface area (Å²) in [7, 11) is 0. The van der Waals surface area contributed by atoms with Crippen molar-refractivity contribution in [1.29, 1.82) is 0 Å². The quantitative estimate of drug-likeness (QED) is 0.801. The lowest BCUT2D eigenvalue weighted by Crippen LogP contribution is -2.39. The zero-order chi connectivity index (χ0) is 14.2. The van der Waals surface area contributed by atoms with E-state index in [4.69, 9.17) is 0 Å². The van der Waals surface area contributed by atoms with Gasteiger partial charge in [-0.15, -0.1) is 0 Å². The molecule has 108 valence electrons. The molecule has 0 saturated heterocycles. The molecule has 0 radical (unpaired) electrons. The number of carbonyl (C=O) groups is 2. The van der Waals surface area contributed by atoms with Gasteiger partial charge >= 0.3 is 0 Å². The van der Waals surface area contributed by atoms with Crippen molar-refractivity contribution in [3.63, 3.8) is 0 Å². The maximum atomic E-state index is 11.7. The summed E-state index contributed by atoms with van der Waals surface area (Å²) in [5.74, 6) is -0.445. The first-order valence-corrected chi connectivity index (χ1v) is 7.20. The Hall–Kier alpha value is -1.91. The Labute approximate surface area is 119 Å². The highest BCUT2D eigenvalue weighted by molar-refractivity contribution is 5.96. The Morgan fingerprint density at radius 3 is 2.65 bits per heavy atom. The molecule has 5 nitrogen and oxygen atoms in total. The van der Waals surface area contributed by atoms with Gasteiger partial charge in [0.25, 0.3) is 0 Å². The highest BCUT2D eigenvalue weighted by Crippen LogP contribution is 2.17. The van der Waals surface area contributed by atoms with Crippen LogP contribution in [0.2, 0.25) is 0 Å². The molecule has 1 aliphatic carbocycles. The van der Waals surface area contributed by atoms with Crippen LogP contribution in [0.4, 0.5) is 0 Å². The van der Waals surface area contributed by atoms with Crippen molar-refractivity contribution in [2.45, 2.75) is 51.1 Å². The molecule has 0 atom stereocenters. The van der Waals surface area contributed by atoms with Crippen molar-refractivity contribution in [1.82, 2.24) is 15.6 Å². The van der Waals surface area contributed by atoms with Crippen molar-refractivity contribution in [2.75, 3.05) is 0 Å². The number of rotatable bonds is 5. The largest absolute Gasteiger partial charge is 0.353 e. The minimum Gasteiger partial charge on any atom is -0.353 e. The number of nitrogens with zero attached hydrogens (tertiary/aromatic N) is 1. The molecule has 0 aromatic carbocycles. The molecule has 1 heterocycles. The van der Waals surface area contributed by atoms with Crippen molar-refractivity contribution in [3.05, 3.63) is 30.1 Å². The average Bonchev–Trinajstić information content (AvgIpc) is 2.47. The topological polar surface area (TPSA) is 71.1 Å². The maximum absolute atomic E-state index is 11.7. The molecule has 2 amide bonds. The SMILES string of the molecule is O=C(CC(=O)NC1CCCCC1)NCc1ccccn1. The van der Waals surface area contributed by atoms with E-state index in [0.717, 1.165) is 31.4 Å². The first kappa shape index (κ1) is 14.5. The lowest BCUT2D eigenvalue weighted by atomic mass is 9.95. The summed E-state index contributed by atoms with van der Waals surface area (Å²) in [5.41, 5.74) is 0.786. The third kappa shape index (κ3) is 4.99.